The minimum Gasteiger partial charge on any atom is -0.487 e. The molecule has 41 heavy (non-hydrogen) atoms. The molecule has 3 N–H and O–H groups in total. The van der Waals surface area contributed by atoms with Crippen molar-refractivity contribution < 1.29 is 19.1 Å². The largest absolute Gasteiger partial charge is 0.487 e. The first kappa shape index (κ1) is 29.5. The summed E-state index contributed by atoms with van der Waals surface area (Å²) in [5.74, 6) is -0.0493. The second kappa shape index (κ2) is 13.7. The Morgan fingerprint density at radius 3 is 2.59 bits per heavy atom. The molecule has 2 aromatic heterocycles. The summed E-state index contributed by atoms with van der Waals surface area (Å²) < 4.78 is 6.05. The predicted molar refractivity (Wildman–Crippen MR) is 160 cm³/mol. The molecule has 0 spiro atoms. The van der Waals surface area contributed by atoms with E-state index in [0.717, 1.165) is 16.6 Å². The van der Waals surface area contributed by atoms with E-state index >= 15 is 0 Å². The van der Waals surface area contributed by atoms with E-state index in [9.17, 15) is 14.4 Å². The molecule has 3 amide bonds. The third-order valence-electron chi connectivity index (χ3n) is 5.88. The summed E-state index contributed by atoms with van der Waals surface area (Å²) in [4.78, 5) is 44.2. The van der Waals surface area contributed by atoms with Gasteiger partial charge in [0, 0.05) is 47.4 Å². The van der Waals surface area contributed by atoms with Gasteiger partial charge in [-0.25, -0.2) is 9.97 Å². The predicted octanol–water partition coefficient (Wildman–Crippen LogP) is 5.23. The first-order valence-corrected chi connectivity index (χ1v) is 13.4. The van der Waals surface area contributed by atoms with Crippen LogP contribution >= 0.6 is 23.2 Å². The van der Waals surface area contributed by atoms with E-state index in [0.29, 0.717) is 38.3 Å². The van der Waals surface area contributed by atoms with Gasteiger partial charge in [-0.05, 0) is 54.5 Å². The summed E-state index contributed by atoms with van der Waals surface area (Å²) in [5, 5.41) is 9.60. The zero-order valence-electron chi connectivity index (χ0n) is 22.3. The summed E-state index contributed by atoms with van der Waals surface area (Å²) in [5.41, 5.74) is 3.51. The number of halogens is 2. The number of pyridine rings is 2. The average Bonchev–Trinajstić information content (AvgIpc) is 2.95. The Kier molecular flexibility index (Phi) is 9.89. The van der Waals surface area contributed by atoms with Crippen molar-refractivity contribution >= 4 is 63.7 Å². The fraction of sp³-hybridized carbons (Fsp3) is 0.167. The lowest BCUT2D eigenvalue weighted by molar-refractivity contribution is -0.124. The molecule has 0 saturated carbocycles. The van der Waals surface area contributed by atoms with Gasteiger partial charge in [0.25, 0.3) is 0 Å². The molecule has 2 aromatic carbocycles. The highest BCUT2D eigenvalue weighted by atomic mass is 35.5. The highest BCUT2D eigenvalue weighted by Crippen LogP contribution is 2.31. The van der Waals surface area contributed by atoms with Crippen LogP contribution in [0.5, 0.6) is 5.75 Å². The number of ether oxygens (including phenoxy) is 1. The number of aryl methyl sites for hydroxylation is 1. The SMILES string of the molecule is CC(=O)Nc1ccc(C=CC(=O)NCC(=O)NCc2ccc(Cl)c(COc3cccc4ccc(C)nc34)c2Cl)cn1. The maximum atomic E-state index is 12.4. The maximum absolute atomic E-state index is 12.4. The number of para-hydroxylation sites is 1. The second-order valence-corrected chi connectivity index (χ2v) is 9.84. The Morgan fingerprint density at radius 1 is 1.00 bits per heavy atom. The number of nitrogens with zero attached hydrogens (tertiary/aromatic N) is 2. The van der Waals surface area contributed by atoms with E-state index in [1.165, 1.54) is 19.2 Å². The number of benzene rings is 2. The standard InChI is InChI=1S/C30H27Cl2N5O4/c1-18-6-9-21-4-3-5-25(30(21)36-18)41-17-23-24(31)11-10-22(29(23)32)15-34-28(40)16-35-27(39)13-8-20-7-12-26(33-14-20)37-19(2)38/h3-14H,15-17H2,1-2H3,(H,34,40)(H,35,39)(H,33,37,38). The van der Waals surface area contributed by atoms with E-state index in [4.69, 9.17) is 27.9 Å². The van der Waals surface area contributed by atoms with Crippen molar-refractivity contribution in [3.05, 3.63) is 99.3 Å². The molecule has 0 aliphatic carbocycles. The summed E-state index contributed by atoms with van der Waals surface area (Å²) in [7, 11) is 0. The van der Waals surface area contributed by atoms with E-state index in [1.54, 1.807) is 30.3 Å². The van der Waals surface area contributed by atoms with Crippen LogP contribution in [0, 0.1) is 6.92 Å². The molecule has 0 aliphatic rings. The van der Waals surface area contributed by atoms with Gasteiger partial charge < -0.3 is 20.7 Å². The number of anilines is 1. The lowest BCUT2D eigenvalue weighted by Gasteiger charge is -2.14. The van der Waals surface area contributed by atoms with Gasteiger partial charge in [-0.3, -0.25) is 14.4 Å². The van der Waals surface area contributed by atoms with Crippen LogP contribution in [0.15, 0.2) is 66.9 Å². The summed E-state index contributed by atoms with van der Waals surface area (Å²) in [6.07, 6.45) is 4.35. The van der Waals surface area contributed by atoms with Crippen LogP contribution in [-0.2, 0) is 27.5 Å². The highest BCUT2D eigenvalue weighted by Gasteiger charge is 2.14. The van der Waals surface area contributed by atoms with Gasteiger partial charge >= 0.3 is 0 Å². The summed E-state index contributed by atoms with van der Waals surface area (Å²) in [6.45, 7) is 3.33. The van der Waals surface area contributed by atoms with Crippen molar-refractivity contribution in [2.75, 3.05) is 11.9 Å². The van der Waals surface area contributed by atoms with E-state index in [1.807, 2.05) is 37.3 Å². The maximum Gasteiger partial charge on any atom is 0.244 e. The monoisotopic (exact) mass is 591 g/mol. The molecule has 4 aromatic rings. The summed E-state index contributed by atoms with van der Waals surface area (Å²) >= 11 is 13.1. The number of aromatic nitrogens is 2. The van der Waals surface area contributed by atoms with Crippen molar-refractivity contribution in [3.63, 3.8) is 0 Å². The molecule has 9 nitrogen and oxygen atoms in total. The molecular weight excluding hydrogens is 565 g/mol. The number of carbonyl (C=O) groups is 3. The lowest BCUT2D eigenvalue weighted by Crippen LogP contribution is -2.35. The minimum atomic E-state index is -0.451. The van der Waals surface area contributed by atoms with Crippen LogP contribution < -0.4 is 20.7 Å². The zero-order chi connectivity index (χ0) is 29.4. The Morgan fingerprint density at radius 2 is 1.83 bits per heavy atom. The molecule has 2 heterocycles. The first-order chi connectivity index (χ1) is 19.7. The van der Waals surface area contributed by atoms with Gasteiger partial charge in [-0.2, -0.15) is 0 Å². The fourth-order valence-electron chi connectivity index (χ4n) is 3.81. The number of hydrogen-bond donors (Lipinski definition) is 3. The molecule has 0 bridgehead atoms. The smallest absolute Gasteiger partial charge is 0.244 e. The van der Waals surface area contributed by atoms with Crippen molar-refractivity contribution in [2.45, 2.75) is 27.0 Å². The molecule has 0 aliphatic heterocycles. The van der Waals surface area contributed by atoms with Crippen LogP contribution in [0.3, 0.4) is 0 Å². The van der Waals surface area contributed by atoms with E-state index in [2.05, 4.69) is 25.9 Å². The Balaban J connectivity index is 1.29. The van der Waals surface area contributed by atoms with Crippen molar-refractivity contribution in [1.29, 1.82) is 0 Å². The van der Waals surface area contributed by atoms with Crippen LogP contribution in [0.1, 0.15) is 29.3 Å². The Hall–Kier alpha value is -4.47. The van der Waals surface area contributed by atoms with Crippen molar-refractivity contribution in [3.8, 4) is 5.75 Å². The van der Waals surface area contributed by atoms with E-state index < -0.39 is 11.8 Å². The van der Waals surface area contributed by atoms with E-state index in [-0.39, 0.29) is 25.6 Å². The zero-order valence-corrected chi connectivity index (χ0v) is 23.8. The molecule has 0 unspecified atom stereocenters. The molecular formula is C30H27Cl2N5O4. The highest BCUT2D eigenvalue weighted by molar-refractivity contribution is 6.36. The third-order valence-corrected chi connectivity index (χ3v) is 6.70. The second-order valence-electron chi connectivity index (χ2n) is 9.05. The van der Waals surface area contributed by atoms with Crippen molar-refractivity contribution in [2.24, 2.45) is 0 Å². The van der Waals surface area contributed by atoms with Crippen LogP contribution in [0.2, 0.25) is 10.0 Å². The number of hydrogen-bond acceptors (Lipinski definition) is 6. The normalized spacial score (nSPS) is 10.9. The molecule has 0 radical (unpaired) electrons. The Bertz CT molecular complexity index is 1620. The molecule has 0 saturated heterocycles. The van der Waals surface area contributed by atoms with Gasteiger partial charge in [0.2, 0.25) is 17.7 Å². The third kappa shape index (κ3) is 8.26. The van der Waals surface area contributed by atoms with Crippen LogP contribution in [-0.4, -0.2) is 34.2 Å². The van der Waals surface area contributed by atoms with Gasteiger partial charge in [0.15, 0.2) is 0 Å². The van der Waals surface area contributed by atoms with Crippen LogP contribution in [0.25, 0.3) is 17.0 Å². The van der Waals surface area contributed by atoms with Crippen LogP contribution in [0.4, 0.5) is 5.82 Å². The number of amides is 3. The number of rotatable bonds is 10. The van der Waals surface area contributed by atoms with Gasteiger partial charge in [0.05, 0.1) is 11.6 Å². The van der Waals surface area contributed by atoms with Crippen molar-refractivity contribution in [1.82, 2.24) is 20.6 Å². The van der Waals surface area contributed by atoms with Gasteiger partial charge in [0.1, 0.15) is 23.7 Å². The Labute approximate surface area is 246 Å². The number of carbonyl (C=O) groups excluding carboxylic acids is 3. The number of nitrogens with one attached hydrogen (secondary N) is 3. The fourth-order valence-corrected chi connectivity index (χ4v) is 4.36. The summed E-state index contributed by atoms with van der Waals surface area (Å²) in [6, 6.07) is 16.4. The average molecular weight is 592 g/mol. The molecule has 0 fully saturated rings. The minimum absolute atomic E-state index is 0.113. The number of fused-ring (bicyclic) bond motifs is 1. The lowest BCUT2D eigenvalue weighted by atomic mass is 10.1. The molecule has 210 valence electrons. The quantitative estimate of drug-likeness (QED) is 0.217. The molecule has 11 heteroatoms. The van der Waals surface area contributed by atoms with Gasteiger partial charge in [-0.1, -0.05) is 47.5 Å². The first-order valence-electron chi connectivity index (χ1n) is 12.6. The molecule has 0 atom stereocenters. The topological polar surface area (TPSA) is 122 Å². The molecule has 4 rings (SSSR count). The van der Waals surface area contributed by atoms with Gasteiger partial charge in [-0.15, -0.1) is 0 Å².